The number of fused-ring (bicyclic) bond motifs is 1. The van der Waals surface area contributed by atoms with Gasteiger partial charge in [-0.25, -0.2) is 4.39 Å². The number of hydrogen-bond donors (Lipinski definition) is 1. The molecule has 1 aliphatic heterocycles. The Morgan fingerprint density at radius 2 is 1.79 bits per heavy atom. The summed E-state index contributed by atoms with van der Waals surface area (Å²) in [5, 5.41) is 1.07. The van der Waals surface area contributed by atoms with Gasteiger partial charge in [-0.2, -0.15) is 0 Å². The zero-order valence-corrected chi connectivity index (χ0v) is 15.9. The van der Waals surface area contributed by atoms with Gasteiger partial charge in [-0.3, -0.25) is 4.79 Å². The second-order valence-corrected chi connectivity index (χ2v) is 7.70. The number of aromatic nitrogens is 1. The number of hydrogen-bond acceptors (Lipinski definition) is 2. The summed E-state index contributed by atoms with van der Waals surface area (Å²) in [5.41, 5.74) is 4.44. The second kappa shape index (κ2) is 7.21. The van der Waals surface area contributed by atoms with E-state index in [1.807, 2.05) is 60.8 Å². The molecular weight excluding hydrogens is 363 g/mol. The molecule has 0 bridgehead atoms. The van der Waals surface area contributed by atoms with Gasteiger partial charge in [0.1, 0.15) is 5.82 Å². The molecule has 3 aromatic carbocycles. The van der Waals surface area contributed by atoms with Gasteiger partial charge in [0.2, 0.25) is 0 Å². The van der Waals surface area contributed by atoms with Gasteiger partial charge in [-0.1, -0.05) is 30.3 Å². The number of rotatable bonds is 5. The Kier molecular flexibility index (Phi) is 4.39. The molecule has 144 valence electrons. The molecule has 3 nitrogen and oxygen atoms in total. The average molecular weight is 384 g/mol. The number of Topliss-reactive ketones (excluding diaryl/α,β-unsaturated/α-hetero) is 1. The zero-order chi connectivity index (χ0) is 19.8. The average Bonchev–Trinajstić information content (AvgIpc) is 3.19. The minimum absolute atomic E-state index is 0.202. The molecule has 1 fully saturated rings. The Balaban J connectivity index is 1.20. The van der Waals surface area contributed by atoms with Crippen molar-refractivity contribution in [2.45, 2.75) is 6.42 Å². The van der Waals surface area contributed by atoms with E-state index in [1.54, 1.807) is 12.1 Å². The fourth-order valence-electron chi connectivity index (χ4n) is 4.06. The van der Waals surface area contributed by atoms with Crippen molar-refractivity contribution >= 4 is 22.4 Å². The highest BCUT2D eigenvalue weighted by Crippen LogP contribution is 2.30. The lowest BCUT2D eigenvalue weighted by Crippen LogP contribution is -2.47. The van der Waals surface area contributed by atoms with E-state index in [4.69, 9.17) is 0 Å². The summed E-state index contributed by atoms with van der Waals surface area (Å²) in [6.07, 6.45) is 2.46. The zero-order valence-electron chi connectivity index (χ0n) is 15.9. The molecule has 5 rings (SSSR count). The van der Waals surface area contributed by atoms with Crippen molar-refractivity contribution in [1.82, 2.24) is 4.98 Å². The van der Waals surface area contributed by atoms with Gasteiger partial charge in [0.25, 0.3) is 0 Å². The van der Waals surface area contributed by atoms with E-state index in [9.17, 15) is 9.18 Å². The van der Waals surface area contributed by atoms with Crippen LogP contribution in [0.2, 0.25) is 0 Å². The molecule has 0 aliphatic carbocycles. The van der Waals surface area contributed by atoms with E-state index in [0.717, 1.165) is 40.8 Å². The normalized spacial score (nSPS) is 14.2. The van der Waals surface area contributed by atoms with Gasteiger partial charge >= 0.3 is 0 Å². The molecule has 29 heavy (non-hydrogen) atoms. The van der Waals surface area contributed by atoms with Gasteiger partial charge in [0.15, 0.2) is 5.78 Å². The monoisotopic (exact) mass is 384 g/mol. The van der Waals surface area contributed by atoms with Crippen molar-refractivity contribution in [3.63, 3.8) is 0 Å². The molecule has 1 N–H and O–H groups in total. The molecule has 2 heterocycles. The molecule has 0 saturated carbocycles. The van der Waals surface area contributed by atoms with Gasteiger partial charge < -0.3 is 9.88 Å². The number of benzene rings is 3. The van der Waals surface area contributed by atoms with Crippen molar-refractivity contribution < 1.29 is 9.18 Å². The lowest BCUT2D eigenvalue weighted by molar-refractivity contribution is 0.0953. The summed E-state index contributed by atoms with van der Waals surface area (Å²) in [5.74, 6) is 0.365. The predicted molar refractivity (Wildman–Crippen MR) is 115 cm³/mol. The van der Waals surface area contributed by atoms with E-state index in [2.05, 4.69) is 9.88 Å². The first-order chi connectivity index (χ1) is 14.2. The SMILES string of the molecule is O=C(CC1CN(c2ccc(-c3ccccc3F)cc2)C1)c1ccc2[nH]ccc2c1. The number of halogens is 1. The summed E-state index contributed by atoms with van der Waals surface area (Å²) in [4.78, 5) is 18.0. The third-order valence-corrected chi connectivity index (χ3v) is 5.72. The number of carbonyl (C=O) groups excluding carboxylic acids is 1. The molecule has 4 heteroatoms. The highest BCUT2D eigenvalue weighted by molar-refractivity contribution is 5.99. The molecule has 1 saturated heterocycles. The fraction of sp³-hybridized carbons (Fsp3) is 0.160. The number of nitrogens with zero attached hydrogens (tertiary/aromatic N) is 1. The molecule has 0 atom stereocenters. The minimum atomic E-state index is -0.208. The highest BCUT2D eigenvalue weighted by atomic mass is 19.1. The third-order valence-electron chi connectivity index (χ3n) is 5.72. The van der Waals surface area contributed by atoms with E-state index in [0.29, 0.717) is 17.9 Å². The first-order valence-corrected chi connectivity index (χ1v) is 9.87. The van der Waals surface area contributed by atoms with Gasteiger partial charge in [-0.05, 0) is 48.0 Å². The molecule has 0 spiro atoms. The van der Waals surface area contributed by atoms with E-state index < -0.39 is 0 Å². The molecule has 0 unspecified atom stereocenters. The van der Waals surface area contributed by atoms with Crippen LogP contribution >= 0.6 is 0 Å². The summed E-state index contributed by atoms with van der Waals surface area (Å²) >= 11 is 0. The van der Waals surface area contributed by atoms with Crippen LogP contribution in [0.3, 0.4) is 0 Å². The number of anilines is 1. The fourth-order valence-corrected chi connectivity index (χ4v) is 4.06. The van der Waals surface area contributed by atoms with E-state index >= 15 is 0 Å². The molecule has 1 aliphatic rings. The lowest BCUT2D eigenvalue weighted by atomic mass is 9.90. The number of ketones is 1. The van der Waals surface area contributed by atoms with Gasteiger partial charge in [0, 0.05) is 59.3 Å². The van der Waals surface area contributed by atoms with Crippen LogP contribution in [0.5, 0.6) is 0 Å². The van der Waals surface area contributed by atoms with Crippen LogP contribution in [0.1, 0.15) is 16.8 Å². The molecule has 0 radical (unpaired) electrons. The van der Waals surface area contributed by atoms with Crippen molar-refractivity contribution in [1.29, 1.82) is 0 Å². The van der Waals surface area contributed by atoms with Crippen molar-refractivity contribution in [2.24, 2.45) is 5.92 Å². The largest absolute Gasteiger partial charge is 0.371 e. The number of nitrogens with one attached hydrogen (secondary N) is 1. The maximum atomic E-state index is 13.9. The Morgan fingerprint density at radius 3 is 2.59 bits per heavy atom. The van der Waals surface area contributed by atoms with Crippen LogP contribution < -0.4 is 4.90 Å². The number of H-pyrrole nitrogens is 1. The summed E-state index contributed by atoms with van der Waals surface area (Å²) in [7, 11) is 0. The van der Waals surface area contributed by atoms with Crippen molar-refractivity contribution in [2.75, 3.05) is 18.0 Å². The van der Waals surface area contributed by atoms with Gasteiger partial charge in [-0.15, -0.1) is 0 Å². The quantitative estimate of drug-likeness (QED) is 0.449. The van der Waals surface area contributed by atoms with E-state index in [1.165, 1.54) is 6.07 Å². The van der Waals surface area contributed by atoms with Crippen LogP contribution in [0.15, 0.2) is 79.0 Å². The van der Waals surface area contributed by atoms with E-state index in [-0.39, 0.29) is 11.6 Å². The maximum absolute atomic E-state index is 13.9. The van der Waals surface area contributed by atoms with Crippen LogP contribution in [0, 0.1) is 11.7 Å². The standard InChI is InChI=1S/C25H21FN2O/c26-23-4-2-1-3-22(23)18-5-8-21(9-6-18)28-15-17(16-28)13-25(29)20-7-10-24-19(14-20)11-12-27-24/h1-12,14,17,27H,13,15-16H2. The minimum Gasteiger partial charge on any atom is -0.371 e. The van der Waals surface area contributed by atoms with Crippen molar-refractivity contribution in [3.8, 4) is 11.1 Å². The molecule has 4 aromatic rings. The summed E-state index contributed by atoms with van der Waals surface area (Å²) in [6.45, 7) is 1.74. The molecule has 1 aromatic heterocycles. The first-order valence-electron chi connectivity index (χ1n) is 9.87. The Hall–Kier alpha value is -3.40. The second-order valence-electron chi connectivity index (χ2n) is 7.70. The smallest absolute Gasteiger partial charge is 0.163 e. The van der Waals surface area contributed by atoms with Crippen molar-refractivity contribution in [3.05, 3.63) is 90.4 Å². The molecular formula is C25H21FN2O. The van der Waals surface area contributed by atoms with Crippen LogP contribution in [0.25, 0.3) is 22.0 Å². The Morgan fingerprint density at radius 1 is 1.00 bits per heavy atom. The Bertz CT molecular complexity index is 1170. The number of aromatic amines is 1. The summed E-state index contributed by atoms with van der Waals surface area (Å²) < 4.78 is 13.9. The maximum Gasteiger partial charge on any atom is 0.163 e. The van der Waals surface area contributed by atoms with Crippen LogP contribution in [-0.4, -0.2) is 23.9 Å². The Labute approximate surface area is 168 Å². The van der Waals surface area contributed by atoms with Gasteiger partial charge in [0.05, 0.1) is 0 Å². The highest BCUT2D eigenvalue weighted by Gasteiger charge is 2.29. The lowest BCUT2D eigenvalue weighted by Gasteiger charge is -2.41. The third kappa shape index (κ3) is 3.42. The first kappa shape index (κ1) is 17.7. The topological polar surface area (TPSA) is 36.1 Å². The number of carbonyl (C=O) groups is 1. The molecule has 0 amide bonds. The predicted octanol–water partition coefficient (Wildman–Crippen LogP) is 5.68. The summed E-state index contributed by atoms with van der Waals surface area (Å²) in [6, 6.07) is 22.6. The van der Waals surface area contributed by atoms with Crippen LogP contribution in [-0.2, 0) is 0 Å². The van der Waals surface area contributed by atoms with Crippen LogP contribution in [0.4, 0.5) is 10.1 Å².